The van der Waals surface area contributed by atoms with Crippen molar-refractivity contribution in [2.24, 2.45) is 11.3 Å². The molecule has 3 atom stereocenters. The van der Waals surface area contributed by atoms with E-state index in [1.165, 1.54) is 0 Å². The van der Waals surface area contributed by atoms with Crippen LogP contribution >= 0.6 is 0 Å². The molecule has 2 aliphatic rings. The van der Waals surface area contributed by atoms with Gasteiger partial charge < -0.3 is 9.52 Å². The second kappa shape index (κ2) is 3.20. The molecule has 0 aromatic carbocycles. The molecule has 1 N–H and O–H groups in total. The Hall–Kier alpha value is -1.09. The van der Waals surface area contributed by atoms with Crippen LogP contribution in [0.15, 0.2) is 16.7 Å². The van der Waals surface area contributed by atoms with E-state index in [9.17, 15) is 9.90 Å². The van der Waals surface area contributed by atoms with Gasteiger partial charge in [0.1, 0.15) is 11.5 Å². The molecule has 3 nitrogen and oxygen atoms in total. The third kappa shape index (κ3) is 1.21. The van der Waals surface area contributed by atoms with E-state index >= 15 is 0 Å². The third-order valence-corrected chi connectivity index (χ3v) is 4.25. The standard InChI is InChI=1S/C13H16O3/c1-13-5-2-3-9(14)11(13)12(15)8-4-6-16-10(8)7-13/h4,6,11-12,15H,2-3,5,7H2,1H3/t11-,12-,13+/m0/s1. The molecule has 0 spiro atoms. The zero-order chi connectivity index (χ0) is 11.3. The maximum Gasteiger partial charge on any atom is 0.139 e. The van der Waals surface area contributed by atoms with E-state index in [2.05, 4.69) is 6.92 Å². The molecule has 1 aromatic rings. The minimum absolute atomic E-state index is 0.112. The zero-order valence-corrected chi connectivity index (χ0v) is 9.40. The maximum atomic E-state index is 12.0. The van der Waals surface area contributed by atoms with Crippen LogP contribution in [-0.2, 0) is 11.2 Å². The molecule has 1 saturated carbocycles. The summed E-state index contributed by atoms with van der Waals surface area (Å²) >= 11 is 0. The maximum absolute atomic E-state index is 12.0. The molecule has 0 aliphatic heterocycles. The summed E-state index contributed by atoms with van der Waals surface area (Å²) in [6, 6.07) is 1.79. The van der Waals surface area contributed by atoms with Crippen LogP contribution < -0.4 is 0 Å². The minimum atomic E-state index is -0.666. The van der Waals surface area contributed by atoms with Crippen molar-refractivity contribution in [2.75, 3.05) is 0 Å². The molecule has 1 aromatic heterocycles. The summed E-state index contributed by atoms with van der Waals surface area (Å²) in [5.74, 6) is 0.848. The SMILES string of the molecule is C[C@]12CCCC(=O)[C@H]1[C@@H](O)c1ccoc1C2. The van der Waals surface area contributed by atoms with E-state index in [4.69, 9.17) is 4.42 Å². The van der Waals surface area contributed by atoms with Gasteiger partial charge in [-0.05, 0) is 24.3 Å². The lowest BCUT2D eigenvalue weighted by molar-refractivity contribution is -0.138. The predicted octanol–water partition coefficient (Wildman–Crippen LogP) is 2.24. The summed E-state index contributed by atoms with van der Waals surface area (Å²) in [5.41, 5.74) is 0.706. The van der Waals surface area contributed by atoms with Gasteiger partial charge >= 0.3 is 0 Å². The van der Waals surface area contributed by atoms with Gasteiger partial charge in [0.15, 0.2) is 0 Å². The van der Waals surface area contributed by atoms with E-state index in [0.29, 0.717) is 6.42 Å². The summed E-state index contributed by atoms with van der Waals surface area (Å²) in [7, 11) is 0. The highest BCUT2D eigenvalue weighted by Crippen LogP contribution is 2.52. The quantitative estimate of drug-likeness (QED) is 0.729. The Morgan fingerprint density at radius 3 is 3.19 bits per heavy atom. The van der Waals surface area contributed by atoms with Gasteiger partial charge in [0.05, 0.1) is 18.3 Å². The van der Waals surface area contributed by atoms with E-state index in [-0.39, 0.29) is 17.1 Å². The molecule has 0 amide bonds. The van der Waals surface area contributed by atoms with Gasteiger partial charge in [-0.1, -0.05) is 6.92 Å². The van der Waals surface area contributed by atoms with Crippen molar-refractivity contribution in [1.82, 2.24) is 0 Å². The van der Waals surface area contributed by atoms with Crippen LogP contribution in [0.2, 0.25) is 0 Å². The number of Topliss-reactive ketones (excluding diaryl/α,β-unsaturated/α-hetero) is 1. The molecule has 86 valence electrons. The van der Waals surface area contributed by atoms with Gasteiger partial charge in [-0.3, -0.25) is 4.79 Å². The van der Waals surface area contributed by atoms with Crippen molar-refractivity contribution in [3.8, 4) is 0 Å². The highest BCUT2D eigenvalue weighted by molar-refractivity contribution is 5.83. The minimum Gasteiger partial charge on any atom is -0.469 e. The Kier molecular flexibility index (Phi) is 2.02. The number of hydrogen-bond donors (Lipinski definition) is 1. The lowest BCUT2D eigenvalue weighted by Gasteiger charge is -2.45. The molecular formula is C13H16O3. The number of aliphatic hydroxyl groups excluding tert-OH is 1. The average molecular weight is 220 g/mol. The monoisotopic (exact) mass is 220 g/mol. The van der Waals surface area contributed by atoms with Crippen LogP contribution in [0.5, 0.6) is 0 Å². The first kappa shape index (κ1) is 10.1. The fraction of sp³-hybridized carbons (Fsp3) is 0.615. The zero-order valence-electron chi connectivity index (χ0n) is 9.40. The van der Waals surface area contributed by atoms with Crippen molar-refractivity contribution < 1.29 is 14.3 Å². The third-order valence-electron chi connectivity index (χ3n) is 4.25. The normalized spacial score (nSPS) is 38.0. The van der Waals surface area contributed by atoms with Gasteiger partial charge in [0, 0.05) is 18.4 Å². The Labute approximate surface area is 94.5 Å². The van der Waals surface area contributed by atoms with Crippen LogP contribution in [0.3, 0.4) is 0 Å². The highest BCUT2D eigenvalue weighted by Gasteiger charge is 2.50. The van der Waals surface area contributed by atoms with Crippen LogP contribution in [0.1, 0.15) is 43.6 Å². The second-order valence-corrected chi connectivity index (χ2v) is 5.37. The van der Waals surface area contributed by atoms with Crippen molar-refractivity contribution in [3.05, 3.63) is 23.7 Å². The molecule has 0 bridgehead atoms. The first-order valence-electron chi connectivity index (χ1n) is 5.89. The first-order chi connectivity index (χ1) is 7.62. The van der Waals surface area contributed by atoms with Crippen molar-refractivity contribution >= 4 is 5.78 Å². The van der Waals surface area contributed by atoms with Crippen molar-refractivity contribution in [2.45, 2.75) is 38.7 Å². The van der Waals surface area contributed by atoms with Crippen molar-refractivity contribution in [3.63, 3.8) is 0 Å². The van der Waals surface area contributed by atoms with Crippen LogP contribution in [0.25, 0.3) is 0 Å². The molecule has 3 rings (SSSR count). The lowest BCUT2D eigenvalue weighted by atomic mass is 9.59. The largest absolute Gasteiger partial charge is 0.469 e. The molecule has 1 fully saturated rings. The summed E-state index contributed by atoms with van der Waals surface area (Å²) in [4.78, 5) is 12.0. The van der Waals surface area contributed by atoms with Gasteiger partial charge in [-0.2, -0.15) is 0 Å². The smallest absolute Gasteiger partial charge is 0.139 e. The van der Waals surface area contributed by atoms with Gasteiger partial charge in [-0.25, -0.2) is 0 Å². The molecule has 16 heavy (non-hydrogen) atoms. The van der Waals surface area contributed by atoms with Crippen LogP contribution in [-0.4, -0.2) is 10.9 Å². The molecule has 0 radical (unpaired) electrons. The Balaban J connectivity index is 2.09. The molecule has 0 unspecified atom stereocenters. The number of ketones is 1. The number of aliphatic hydroxyl groups is 1. The predicted molar refractivity (Wildman–Crippen MR) is 57.8 cm³/mol. The topological polar surface area (TPSA) is 50.4 Å². The van der Waals surface area contributed by atoms with E-state index in [0.717, 1.165) is 30.6 Å². The number of rotatable bonds is 0. The number of fused-ring (bicyclic) bond motifs is 2. The lowest BCUT2D eigenvalue weighted by Crippen LogP contribution is -2.45. The molecule has 2 aliphatic carbocycles. The van der Waals surface area contributed by atoms with E-state index < -0.39 is 6.10 Å². The summed E-state index contributed by atoms with van der Waals surface area (Å²) in [6.45, 7) is 2.10. The number of carbonyl (C=O) groups excluding carboxylic acids is 1. The second-order valence-electron chi connectivity index (χ2n) is 5.37. The van der Waals surface area contributed by atoms with Gasteiger partial charge in [0.2, 0.25) is 0 Å². The summed E-state index contributed by atoms with van der Waals surface area (Å²) < 4.78 is 5.40. The number of furan rings is 1. The Morgan fingerprint density at radius 1 is 1.56 bits per heavy atom. The summed E-state index contributed by atoms with van der Waals surface area (Å²) in [6.07, 6.45) is 4.28. The van der Waals surface area contributed by atoms with Crippen LogP contribution in [0, 0.1) is 11.3 Å². The summed E-state index contributed by atoms with van der Waals surface area (Å²) in [5, 5.41) is 10.3. The first-order valence-corrected chi connectivity index (χ1v) is 5.89. The van der Waals surface area contributed by atoms with E-state index in [1.807, 2.05) is 0 Å². The average Bonchev–Trinajstić information content (AvgIpc) is 2.64. The highest BCUT2D eigenvalue weighted by atomic mass is 16.3. The molecule has 3 heteroatoms. The number of hydrogen-bond acceptors (Lipinski definition) is 3. The Bertz CT molecular complexity index is 434. The number of carbonyl (C=O) groups is 1. The van der Waals surface area contributed by atoms with Crippen molar-refractivity contribution in [1.29, 1.82) is 0 Å². The van der Waals surface area contributed by atoms with Gasteiger partial charge in [0.25, 0.3) is 0 Å². The molecule has 0 saturated heterocycles. The fourth-order valence-corrected chi connectivity index (χ4v) is 3.43. The van der Waals surface area contributed by atoms with E-state index in [1.54, 1.807) is 12.3 Å². The Morgan fingerprint density at radius 2 is 2.38 bits per heavy atom. The molecule has 1 heterocycles. The molecular weight excluding hydrogens is 204 g/mol. The van der Waals surface area contributed by atoms with Gasteiger partial charge in [-0.15, -0.1) is 0 Å². The fourth-order valence-electron chi connectivity index (χ4n) is 3.43. The van der Waals surface area contributed by atoms with Crippen LogP contribution in [0.4, 0.5) is 0 Å².